The average Bonchev–Trinajstić information content (AvgIpc) is 2.78. The first kappa shape index (κ1) is 22.9. The summed E-state index contributed by atoms with van der Waals surface area (Å²) >= 11 is 0. The highest BCUT2D eigenvalue weighted by atomic mass is 16.5. The lowest BCUT2D eigenvalue weighted by Gasteiger charge is -2.36. The molecule has 2 fully saturated rings. The Morgan fingerprint density at radius 3 is 1.50 bits per heavy atom. The van der Waals surface area contributed by atoms with Gasteiger partial charge in [-0.3, -0.25) is 9.80 Å². The summed E-state index contributed by atoms with van der Waals surface area (Å²) in [7, 11) is 1.57. The van der Waals surface area contributed by atoms with Gasteiger partial charge >= 0.3 is 6.01 Å². The summed E-state index contributed by atoms with van der Waals surface area (Å²) in [4.78, 5) is 18.2. The molecule has 170 valence electrons. The Balaban J connectivity index is 1.63. The molecule has 10 nitrogen and oxygen atoms in total. The minimum atomic E-state index is 0.160. The van der Waals surface area contributed by atoms with Crippen LogP contribution in [0.25, 0.3) is 0 Å². The van der Waals surface area contributed by atoms with Crippen LogP contribution in [0.1, 0.15) is 27.7 Å². The predicted octanol–water partition coefficient (Wildman–Crippen LogP) is 0.922. The van der Waals surface area contributed by atoms with E-state index in [1.165, 1.54) is 0 Å². The lowest BCUT2D eigenvalue weighted by molar-refractivity contribution is 0.0175. The van der Waals surface area contributed by atoms with Crippen LogP contribution in [-0.2, 0) is 9.47 Å². The molecule has 0 amide bonds. The topological polar surface area (TPSA) is 96.9 Å². The Kier molecular flexibility index (Phi) is 8.43. The van der Waals surface area contributed by atoms with Crippen LogP contribution >= 0.6 is 0 Å². The molecule has 4 atom stereocenters. The van der Waals surface area contributed by atoms with E-state index in [2.05, 4.69) is 63.1 Å². The fourth-order valence-corrected chi connectivity index (χ4v) is 3.83. The van der Waals surface area contributed by atoms with Crippen molar-refractivity contribution in [1.82, 2.24) is 24.8 Å². The van der Waals surface area contributed by atoms with Crippen LogP contribution in [0.3, 0.4) is 0 Å². The number of hydrogen-bond donors (Lipinski definition) is 2. The van der Waals surface area contributed by atoms with Gasteiger partial charge in [-0.05, 0) is 27.7 Å². The number of ether oxygens (including phenoxy) is 3. The monoisotopic (exact) mass is 423 g/mol. The Labute approximate surface area is 179 Å². The van der Waals surface area contributed by atoms with Gasteiger partial charge in [-0.1, -0.05) is 0 Å². The maximum Gasteiger partial charge on any atom is 0.322 e. The molecular weight excluding hydrogens is 386 g/mol. The molecule has 0 spiro atoms. The van der Waals surface area contributed by atoms with Crippen LogP contribution in [0.15, 0.2) is 0 Å². The molecule has 0 saturated carbocycles. The van der Waals surface area contributed by atoms with Gasteiger partial charge in [0.2, 0.25) is 11.9 Å². The van der Waals surface area contributed by atoms with Gasteiger partial charge in [0, 0.05) is 50.3 Å². The van der Waals surface area contributed by atoms with Gasteiger partial charge in [-0.15, -0.1) is 0 Å². The van der Waals surface area contributed by atoms with Crippen molar-refractivity contribution >= 4 is 11.9 Å². The number of nitrogens with one attached hydrogen (secondary N) is 2. The van der Waals surface area contributed by atoms with E-state index in [1.807, 2.05) is 0 Å². The van der Waals surface area contributed by atoms with Crippen molar-refractivity contribution in [3.63, 3.8) is 0 Å². The van der Waals surface area contributed by atoms with Crippen molar-refractivity contribution in [2.24, 2.45) is 0 Å². The molecule has 1 aromatic rings. The largest absolute Gasteiger partial charge is 0.467 e. The number of rotatable bonds is 9. The van der Waals surface area contributed by atoms with E-state index < -0.39 is 0 Å². The number of nitrogens with zero attached hydrogens (tertiary/aromatic N) is 5. The van der Waals surface area contributed by atoms with E-state index in [0.29, 0.717) is 30.0 Å². The standard InChI is InChI=1S/C20H37N7O3/c1-14(16(3)26-6-10-29-11-7-26)21-18-23-19(25-20(24-18)28-5)22-15(2)17(4)27-8-12-30-13-9-27/h14-17H,6-13H2,1-5H3,(H2,21,22,23,24,25). The highest BCUT2D eigenvalue weighted by molar-refractivity contribution is 5.37. The fraction of sp³-hybridized carbons (Fsp3) is 0.850. The van der Waals surface area contributed by atoms with Gasteiger partial charge < -0.3 is 24.8 Å². The van der Waals surface area contributed by atoms with Gasteiger partial charge in [0.05, 0.1) is 33.5 Å². The van der Waals surface area contributed by atoms with E-state index >= 15 is 0 Å². The summed E-state index contributed by atoms with van der Waals surface area (Å²) in [5.41, 5.74) is 0. The van der Waals surface area contributed by atoms with Crippen LogP contribution in [0, 0.1) is 0 Å². The summed E-state index contributed by atoms with van der Waals surface area (Å²) in [6.07, 6.45) is 0. The Morgan fingerprint density at radius 1 is 0.733 bits per heavy atom. The zero-order valence-electron chi connectivity index (χ0n) is 18.9. The molecule has 1 aromatic heterocycles. The lowest BCUT2D eigenvalue weighted by Crippen LogP contribution is -2.49. The minimum absolute atomic E-state index is 0.160. The van der Waals surface area contributed by atoms with Crippen LogP contribution < -0.4 is 15.4 Å². The quantitative estimate of drug-likeness (QED) is 0.597. The number of hydrogen-bond acceptors (Lipinski definition) is 10. The number of anilines is 2. The molecule has 2 saturated heterocycles. The van der Waals surface area contributed by atoms with Gasteiger partial charge in [-0.25, -0.2) is 0 Å². The molecule has 3 rings (SSSR count). The lowest BCUT2D eigenvalue weighted by atomic mass is 10.1. The van der Waals surface area contributed by atoms with Crippen LogP contribution in [0.4, 0.5) is 11.9 Å². The summed E-state index contributed by atoms with van der Waals surface area (Å²) in [5.74, 6) is 1.03. The van der Waals surface area contributed by atoms with E-state index in [-0.39, 0.29) is 12.1 Å². The zero-order valence-corrected chi connectivity index (χ0v) is 18.9. The van der Waals surface area contributed by atoms with Gasteiger partial charge in [-0.2, -0.15) is 15.0 Å². The highest BCUT2D eigenvalue weighted by Gasteiger charge is 2.25. The molecule has 3 heterocycles. The van der Waals surface area contributed by atoms with Crippen molar-refractivity contribution < 1.29 is 14.2 Å². The number of morpholine rings is 2. The average molecular weight is 424 g/mol. The second kappa shape index (κ2) is 11.0. The van der Waals surface area contributed by atoms with E-state index in [1.54, 1.807) is 7.11 Å². The number of aromatic nitrogens is 3. The second-order valence-electron chi connectivity index (χ2n) is 8.11. The van der Waals surface area contributed by atoms with E-state index in [0.717, 1.165) is 52.6 Å². The van der Waals surface area contributed by atoms with Crippen molar-refractivity contribution in [3.05, 3.63) is 0 Å². The first-order valence-electron chi connectivity index (χ1n) is 10.9. The molecule has 10 heteroatoms. The third kappa shape index (κ3) is 6.13. The summed E-state index contributed by atoms with van der Waals surface area (Å²) in [5, 5.41) is 6.86. The predicted molar refractivity (Wildman–Crippen MR) is 116 cm³/mol. The molecule has 0 radical (unpaired) electrons. The SMILES string of the molecule is COc1nc(NC(C)C(C)N2CCOCC2)nc(NC(C)C(C)N2CCOCC2)n1. The fourth-order valence-electron chi connectivity index (χ4n) is 3.83. The Morgan fingerprint density at radius 2 is 1.13 bits per heavy atom. The third-order valence-corrected chi connectivity index (χ3v) is 6.20. The van der Waals surface area contributed by atoms with Gasteiger partial charge in [0.15, 0.2) is 0 Å². The molecule has 0 aromatic carbocycles. The van der Waals surface area contributed by atoms with Crippen LogP contribution in [0.5, 0.6) is 6.01 Å². The maximum absolute atomic E-state index is 5.46. The second-order valence-corrected chi connectivity index (χ2v) is 8.11. The number of methoxy groups -OCH3 is 1. The third-order valence-electron chi connectivity index (χ3n) is 6.20. The first-order valence-corrected chi connectivity index (χ1v) is 10.9. The van der Waals surface area contributed by atoms with E-state index in [4.69, 9.17) is 14.2 Å². The van der Waals surface area contributed by atoms with Crippen LogP contribution in [-0.4, -0.2) is 109 Å². The van der Waals surface area contributed by atoms with Crippen LogP contribution in [0.2, 0.25) is 0 Å². The maximum atomic E-state index is 5.46. The van der Waals surface area contributed by atoms with Gasteiger partial charge in [0.25, 0.3) is 0 Å². The van der Waals surface area contributed by atoms with Crippen molar-refractivity contribution in [2.75, 3.05) is 70.3 Å². The summed E-state index contributed by atoms with van der Waals surface area (Å²) in [6, 6.07) is 1.27. The molecule has 2 aliphatic rings. The normalized spacial score (nSPS) is 22.7. The molecule has 4 unspecified atom stereocenters. The summed E-state index contributed by atoms with van der Waals surface area (Å²) in [6.45, 7) is 15.6. The first-order chi connectivity index (χ1) is 14.5. The highest BCUT2D eigenvalue weighted by Crippen LogP contribution is 2.17. The molecule has 0 aliphatic carbocycles. The van der Waals surface area contributed by atoms with Crippen molar-refractivity contribution in [1.29, 1.82) is 0 Å². The molecule has 0 bridgehead atoms. The zero-order chi connectivity index (χ0) is 21.5. The minimum Gasteiger partial charge on any atom is -0.467 e. The Hall–Kier alpha value is -1.75. The van der Waals surface area contributed by atoms with Crippen molar-refractivity contribution in [3.8, 4) is 6.01 Å². The summed E-state index contributed by atoms with van der Waals surface area (Å²) < 4.78 is 16.2. The molecular formula is C20H37N7O3. The van der Waals surface area contributed by atoms with Gasteiger partial charge in [0.1, 0.15) is 0 Å². The van der Waals surface area contributed by atoms with E-state index in [9.17, 15) is 0 Å². The van der Waals surface area contributed by atoms with Crippen molar-refractivity contribution in [2.45, 2.75) is 51.9 Å². The molecule has 30 heavy (non-hydrogen) atoms. The Bertz CT molecular complexity index is 603. The molecule has 2 aliphatic heterocycles. The smallest absolute Gasteiger partial charge is 0.322 e. The molecule has 2 N–H and O–H groups in total.